The summed E-state index contributed by atoms with van der Waals surface area (Å²) in [6.07, 6.45) is 3.00. The first-order valence-electron chi connectivity index (χ1n) is 7.76. The molecule has 0 aromatic rings. The first-order chi connectivity index (χ1) is 9.81. The van der Waals surface area contributed by atoms with Gasteiger partial charge in [0.15, 0.2) is 0 Å². The molecule has 1 aliphatic carbocycles. The molecule has 3 fully saturated rings. The van der Waals surface area contributed by atoms with Crippen molar-refractivity contribution in [3.8, 4) is 0 Å². The molecule has 2 saturated heterocycles. The molecule has 6 nitrogen and oxygen atoms in total. The van der Waals surface area contributed by atoms with Crippen LogP contribution in [0.5, 0.6) is 0 Å². The lowest BCUT2D eigenvalue weighted by molar-refractivity contribution is -0.189. The molecule has 0 radical (unpaired) electrons. The van der Waals surface area contributed by atoms with Crippen LogP contribution in [0.3, 0.4) is 0 Å². The number of carbonyl (C=O) groups is 2. The van der Waals surface area contributed by atoms with E-state index in [1.807, 2.05) is 13.8 Å². The number of hydrogen-bond donors (Lipinski definition) is 2. The van der Waals surface area contributed by atoms with E-state index in [9.17, 15) is 14.7 Å². The van der Waals surface area contributed by atoms with Crippen molar-refractivity contribution in [3.63, 3.8) is 0 Å². The van der Waals surface area contributed by atoms with Gasteiger partial charge in [0, 0.05) is 24.5 Å². The second kappa shape index (κ2) is 4.68. The molecule has 2 heterocycles. The Kier molecular flexibility index (Phi) is 3.29. The van der Waals surface area contributed by atoms with Gasteiger partial charge in [-0.05, 0) is 25.7 Å². The number of nitrogens with two attached hydrogens (primary N) is 1. The van der Waals surface area contributed by atoms with Crippen LogP contribution in [0.1, 0.15) is 39.5 Å². The fourth-order valence-electron chi connectivity index (χ4n) is 4.49. The van der Waals surface area contributed by atoms with E-state index < -0.39 is 23.0 Å². The third-order valence-electron chi connectivity index (χ3n) is 5.86. The van der Waals surface area contributed by atoms with Crippen molar-refractivity contribution < 1.29 is 19.4 Å². The fourth-order valence-corrected chi connectivity index (χ4v) is 4.49. The summed E-state index contributed by atoms with van der Waals surface area (Å²) in [6.45, 7) is 5.03. The topological polar surface area (TPSA) is 92.9 Å². The second-order valence-electron chi connectivity index (χ2n) is 7.13. The first-order valence-corrected chi connectivity index (χ1v) is 7.76. The van der Waals surface area contributed by atoms with Crippen molar-refractivity contribution >= 4 is 11.9 Å². The number of likely N-dealkylation sites (tertiary alicyclic amines) is 1. The molecule has 6 heteroatoms. The predicted octanol–water partition coefficient (Wildman–Crippen LogP) is 0.595. The maximum atomic E-state index is 13.1. The maximum absolute atomic E-state index is 13.1. The number of ether oxygens (including phenoxy) is 1. The van der Waals surface area contributed by atoms with Crippen LogP contribution in [0.25, 0.3) is 0 Å². The van der Waals surface area contributed by atoms with Gasteiger partial charge in [0.2, 0.25) is 5.91 Å². The van der Waals surface area contributed by atoms with Crippen LogP contribution in [0.15, 0.2) is 0 Å². The molecule has 3 N–H and O–H groups in total. The van der Waals surface area contributed by atoms with Gasteiger partial charge >= 0.3 is 5.97 Å². The molecule has 1 amide bonds. The largest absolute Gasteiger partial charge is 0.480 e. The number of carbonyl (C=O) groups excluding carboxylic acids is 1. The summed E-state index contributed by atoms with van der Waals surface area (Å²) >= 11 is 0. The summed E-state index contributed by atoms with van der Waals surface area (Å²) in [7, 11) is 0. The highest BCUT2D eigenvalue weighted by Crippen LogP contribution is 2.58. The van der Waals surface area contributed by atoms with Crippen LogP contribution in [0, 0.1) is 11.3 Å². The van der Waals surface area contributed by atoms with Gasteiger partial charge in [-0.2, -0.15) is 0 Å². The quantitative estimate of drug-likeness (QED) is 0.778. The minimum Gasteiger partial charge on any atom is -0.480 e. The third kappa shape index (κ3) is 1.78. The van der Waals surface area contributed by atoms with E-state index >= 15 is 0 Å². The van der Waals surface area contributed by atoms with Crippen molar-refractivity contribution in [1.29, 1.82) is 0 Å². The van der Waals surface area contributed by atoms with Gasteiger partial charge in [-0.3, -0.25) is 4.79 Å². The number of amides is 1. The molecule has 1 saturated carbocycles. The molecule has 3 rings (SSSR count). The van der Waals surface area contributed by atoms with Gasteiger partial charge in [0.25, 0.3) is 0 Å². The van der Waals surface area contributed by atoms with E-state index in [0.717, 1.165) is 19.3 Å². The Bertz CT molecular complexity index is 478. The van der Waals surface area contributed by atoms with E-state index in [-0.39, 0.29) is 17.9 Å². The molecule has 0 aromatic carbocycles. The highest BCUT2D eigenvalue weighted by molar-refractivity contribution is 5.93. The van der Waals surface area contributed by atoms with E-state index in [2.05, 4.69) is 0 Å². The molecule has 0 bridgehead atoms. The third-order valence-corrected chi connectivity index (χ3v) is 5.86. The van der Waals surface area contributed by atoms with Crippen LogP contribution in [0.4, 0.5) is 0 Å². The van der Waals surface area contributed by atoms with Gasteiger partial charge in [0.05, 0.1) is 6.10 Å². The minimum absolute atomic E-state index is 0.0105. The highest BCUT2D eigenvalue weighted by atomic mass is 16.5. The number of nitrogens with zero attached hydrogens (tertiary/aromatic N) is 1. The van der Waals surface area contributed by atoms with E-state index in [1.54, 1.807) is 0 Å². The molecule has 4 atom stereocenters. The molecule has 3 unspecified atom stereocenters. The van der Waals surface area contributed by atoms with Crippen molar-refractivity contribution in [2.75, 3.05) is 13.2 Å². The normalized spacial score (nSPS) is 41.3. The smallest absolute Gasteiger partial charge is 0.326 e. The predicted molar refractivity (Wildman–Crippen MR) is 75.5 cm³/mol. The van der Waals surface area contributed by atoms with Crippen LogP contribution in [0.2, 0.25) is 0 Å². The Morgan fingerprint density at radius 2 is 2.00 bits per heavy atom. The lowest BCUT2D eigenvalue weighted by Crippen LogP contribution is -2.81. The molecule has 118 valence electrons. The standard InChI is InChI=1S/C15H24N2O4/c1-14(2)11-9(6-8-21-11)15(14,16)13(20)17-7-4-3-5-10(17)12(18)19/h9-11H,3-8,16H2,1-2H3,(H,18,19)/t9?,10-,11?,15?/m0/s1. The average molecular weight is 296 g/mol. The van der Waals surface area contributed by atoms with Gasteiger partial charge in [-0.1, -0.05) is 13.8 Å². The number of hydrogen-bond acceptors (Lipinski definition) is 4. The summed E-state index contributed by atoms with van der Waals surface area (Å²) in [6, 6.07) is -0.733. The Morgan fingerprint density at radius 1 is 1.29 bits per heavy atom. The lowest BCUT2D eigenvalue weighted by atomic mass is 9.47. The zero-order chi connectivity index (χ0) is 15.4. The number of rotatable bonds is 2. The number of carboxylic acid groups (broad SMARTS) is 1. The fraction of sp³-hybridized carbons (Fsp3) is 0.867. The second-order valence-corrected chi connectivity index (χ2v) is 7.13. The first kappa shape index (κ1) is 14.8. The van der Waals surface area contributed by atoms with Gasteiger partial charge in [0.1, 0.15) is 11.6 Å². The number of piperidine rings is 1. The van der Waals surface area contributed by atoms with Crippen molar-refractivity contribution in [3.05, 3.63) is 0 Å². The monoisotopic (exact) mass is 296 g/mol. The zero-order valence-electron chi connectivity index (χ0n) is 12.7. The molecule has 2 aliphatic heterocycles. The number of aliphatic carboxylic acids is 1. The van der Waals surface area contributed by atoms with E-state index in [4.69, 9.17) is 10.5 Å². The SMILES string of the molecule is CC1(C)C2OCCC2C1(N)C(=O)N1CCCC[C@H]1C(=O)O. The van der Waals surface area contributed by atoms with E-state index in [1.165, 1.54) is 4.90 Å². The van der Waals surface area contributed by atoms with Crippen molar-refractivity contribution in [1.82, 2.24) is 4.90 Å². The average Bonchev–Trinajstić information content (AvgIpc) is 2.94. The van der Waals surface area contributed by atoms with Crippen molar-refractivity contribution in [2.45, 2.75) is 57.2 Å². The van der Waals surface area contributed by atoms with Gasteiger partial charge in [-0.15, -0.1) is 0 Å². The zero-order valence-corrected chi connectivity index (χ0v) is 12.7. The molecule has 0 spiro atoms. The summed E-state index contributed by atoms with van der Waals surface area (Å²) < 4.78 is 5.71. The summed E-state index contributed by atoms with van der Waals surface area (Å²) in [5.74, 6) is -1.12. The molecule has 0 aromatic heterocycles. The Morgan fingerprint density at radius 3 is 2.67 bits per heavy atom. The van der Waals surface area contributed by atoms with Crippen LogP contribution in [-0.4, -0.2) is 52.7 Å². The highest BCUT2D eigenvalue weighted by Gasteiger charge is 2.72. The molecule has 21 heavy (non-hydrogen) atoms. The Labute approximate surface area is 124 Å². The van der Waals surface area contributed by atoms with Crippen LogP contribution >= 0.6 is 0 Å². The summed E-state index contributed by atoms with van der Waals surface area (Å²) in [5, 5.41) is 9.37. The lowest BCUT2D eigenvalue weighted by Gasteiger charge is -2.62. The molecule has 3 aliphatic rings. The van der Waals surface area contributed by atoms with E-state index in [0.29, 0.717) is 19.6 Å². The summed E-state index contributed by atoms with van der Waals surface area (Å²) in [4.78, 5) is 26.0. The Balaban J connectivity index is 1.88. The van der Waals surface area contributed by atoms with Gasteiger partial charge in [-0.25, -0.2) is 4.79 Å². The number of fused-ring (bicyclic) bond motifs is 1. The molecular formula is C15H24N2O4. The molecular weight excluding hydrogens is 272 g/mol. The summed E-state index contributed by atoms with van der Waals surface area (Å²) in [5.41, 5.74) is 5.08. The van der Waals surface area contributed by atoms with Crippen molar-refractivity contribution in [2.24, 2.45) is 17.1 Å². The van der Waals surface area contributed by atoms with Crippen LogP contribution in [-0.2, 0) is 14.3 Å². The van der Waals surface area contributed by atoms with Crippen LogP contribution < -0.4 is 5.73 Å². The Hall–Kier alpha value is -1.14. The number of carboxylic acids is 1. The van der Waals surface area contributed by atoms with Gasteiger partial charge < -0.3 is 20.5 Å². The minimum atomic E-state index is -1.00. The maximum Gasteiger partial charge on any atom is 0.326 e.